The predicted octanol–water partition coefficient (Wildman–Crippen LogP) is 3.26. The summed E-state index contributed by atoms with van der Waals surface area (Å²) in [4.78, 5) is 0. The van der Waals surface area contributed by atoms with E-state index < -0.39 is 5.82 Å². The number of halogens is 1. The summed E-state index contributed by atoms with van der Waals surface area (Å²) in [7, 11) is 0. The molecule has 72 valence electrons. The molecule has 13 heavy (non-hydrogen) atoms. The van der Waals surface area contributed by atoms with Crippen LogP contribution < -0.4 is 0 Å². The Hall–Kier alpha value is -1.05. The molecule has 0 radical (unpaired) electrons. The van der Waals surface area contributed by atoms with Gasteiger partial charge in [-0.05, 0) is 24.5 Å². The number of hydrogen-bond acceptors (Lipinski definition) is 1. The summed E-state index contributed by atoms with van der Waals surface area (Å²) in [6.45, 7) is 2.11. The molecule has 1 aromatic carbocycles. The third-order valence-electron chi connectivity index (χ3n) is 2.11. The van der Waals surface area contributed by atoms with Crippen molar-refractivity contribution in [2.24, 2.45) is 0 Å². The maximum atomic E-state index is 13.2. The van der Waals surface area contributed by atoms with E-state index >= 15 is 0 Å². The fourth-order valence-electron chi connectivity index (χ4n) is 1.32. The average Bonchev–Trinajstić information content (AvgIpc) is 2.13. The van der Waals surface area contributed by atoms with Gasteiger partial charge in [-0.25, -0.2) is 4.39 Å². The van der Waals surface area contributed by atoms with Gasteiger partial charge in [0.15, 0.2) is 11.6 Å². The maximum Gasteiger partial charge on any atom is 0.167 e. The molecule has 0 spiro atoms. The van der Waals surface area contributed by atoms with Gasteiger partial charge in [-0.2, -0.15) is 0 Å². The van der Waals surface area contributed by atoms with Crippen molar-refractivity contribution in [2.45, 2.75) is 32.6 Å². The smallest absolute Gasteiger partial charge is 0.167 e. The van der Waals surface area contributed by atoms with E-state index in [1.165, 1.54) is 6.07 Å². The number of benzene rings is 1. The normalized spacial score (nSPS) is 10.3. The summed E-state index contributed by atoms with van der Waals surface area (Å²) in [6.07, 6.45) is 3.93. The predicted molar refractivity (Wildman–Crippen MR) is 51.3 cm³/mol. The Kier molecular flexibility index (Phi) is 3.74. The van der Waals surface area contributed by atoms with Crippen LogP contribution in [0.2, 0.25) is 0 Å². The molecule has 1 nitrogen and oxygen atoms in total. The number of phenolic OH excluding ortho intramolecular Hbond substituents is 1. The van der Waals surface area contributed by atoms with Crippen LogP contribution in [0, 0.1) is 5.82 Å². The third-order valence-corrected chi connectivity index (χ3v) is 2.11. The lowest BCUT2D eigenvalue weighted by Gasteiger charge is -2.03. The highest BCUT2D eigenvalue weighted by Gasteiger charge is 2.05. The number of aromatic hydroxyl groups is 1. The molecular weight excluding hydrogens is 167 g/mol. The molecule has 0 amide bonds. The summed E-state index contributed by atoms with van der Waals surface area (Å²) in [5, 5.41) is 9.08. The molecule has 1 rings (SSSR count). The van der Waals surface area contributed by atoms with Crippen LogP contribution in [0.15, 0.2) is 18.2 Å². The van der Waals surface area contributed by atoms with Crippen LogP contribution in [0.5, 0.6) is 5.75 Å². The maximum absolute atomic E-state index is 13.2. The van der Waals surface area contributed by atoms with Crippen molar-refractivity contribution < 1.29 is 9.50 Å². The largest absolute Gasteiger partial charge is 0.505 e. The molecule has 0 aromatic heterocycles. The summed E-state index contributed by atoms with van der Waals surface area (Å²) in [5.74, 6) is -0.701. The Bertz CT molecular complexity index is 271. The highest BCUT2D eigenvalue weighted by Crippen LogP contribution is 2.20. The zero-order chi connectivity index (χ0) is 9.68. The lowest BCUT2D eigenvalue weighted by atomic mass is 10.1. The lowest BCUT2D eigenvalue weighted by Crippen LogP contribution is -1.90. The van der Waals surface area contributed by atoms with Crippen LogP contribution >= 0.6 is 0 Å². The Morgan fingerprint density at radius 3 is 2.77 bits per heavy atom. The van der Waals surface area contributed by atoms with Gasteiger partial charge >= 0.3 is 0 Å². The van der Waals surface area contributed by atoms with Crippen molar-refractivity contribution in [1.82, 2.24) is 0 Å². The summed E-state index contributed by atoms with van der Waals surface area (Å²) < 4.78 is 13.2. The zero-order valence-corrected chi connectivity index (χ0v) is 7.89. The van der Waals surface area contributed by atoms with Crippen molar-refractivity contribution >= 4 is 0 Å². The van der Waals surface area contributed by atoms with Crippen LogP contribution in [0.1, 0.15) is 31.7 Å². The van der Waals surface area contributed by atoms with Gasteiger partial charge in [-0.15, -0.1) is 0 Å². The van der Waals surface area contributed by atoms with Crippen molar-refractivity contribution in [3.63, 3.8) is 0 Å². The summed E-state index contributed by atoms with van der Waals surface area (Å²) in [5.41, 5.74) is 0.619. The first-order valence-electron chi connectivity index (χ1n) is 4.72. The van der Waals surface area contributed by atoms with E-state index in [0.717, 1.165) is 19.3 Å². The van der Waals surface area contributed by atoms with E-state index in [1.54, 1.807) is 12.1 Å². The number of phenols is 1. The van der Waals surface area contributed by atoms with Crippen LogP contribution in [0.3, 0.4) is 0 Å². The van der Waals surface area contributed by atoms with Gasteiger partial charge in [0.05, 0.1) is 0 Å². The molecule has 1 N–H and O–H groups in total. The average molecular weight is 182 g/mol. The second kappa shape index (κ2) is 4.85. The SMILES string of the molecule is CCCCCc1cccc(O)c1F. The van der Waals surface area contributed by atoms with Crippen LogP contribution in [-0.4, -0.2) is 5.11 Å². The van der Waals surface area contributed by atoms with Gasteiger partial charge in [-0.3, -0.25) is 0 Å². The van der Waals surface area contributed by atoms with Crippen molar-refractivity contribution in [1.29, 1.82) is 0 Å². The molecule has 0 heterocycles. The minimum atomic E-state index is -0.460. The summed E-state index contributed by atoms with van der Waals surface area (Å²) in [6, 6.07) is 4.78. The molecule has 0 unspecified atom stereocenters. The number of rotatable bonds is 4. The van der Waals surface area contributed by atoms with Gasteiger partial charge in [0.2, 0.25) is 0 Å². The van der Waals surface area contributed by atoms with Gasteiger partial charge < -0.3 is 5.11 Å². The fourth-order valence-corrected chi connectivity index (χ4v) is 1.32. The minimum absolute atomic E-state index is 0.242. The standard InChI is InChI=1S/C11H15FO/c1-2-3-4-6-9-7-5-8-10(13)11(9)12/h5,7-8,13H,2-4,6H2,1H3. The molecule has 0 atom stereocenters. The number of aryl methyl sites for hydroxylation is 1. The Balaban J connectivity index is 2.61. The number of unbranched alkanes of at least 4 members (excludes halogenated alkanes) is 2. The topological polar surface area (TPSA) is 20.2 Å². The van der Waals surface area contributed by atoms with E-state index in [2.05, 4.69) is 6.92 Å². The summed E-state index contributed by atoms with van der Waals surface area (Å²) >= 11 is 0. The Morgan fingerprint density at radius 1 is 1.31 bits per heavy atom. The first kappa shape index (κ1) is 10.0. The van der Waals surface area contributed by atoms with Crippen LogP contribution in [0.25, 0.3) is 0 Å². The molecular formula is C11H15FO. The van der Waals surface area contributed by atoms with Gasteiger partial charge in [-0.1, -0.05) is 31.9 Å². The molecule has 0 aliphatic rings. The highest BCUT2D eigenvalue weighted by atomic mass is 19.1. The molecule has 0 saturated carbocycles. The van der Waals surface area contributed by atoms with E-state index in [1.807, 2.05) is 0 Å². The van der Waals surface area contributed by atoms with Crippen molar-refractivity contribution in [3.8, 4) is 5.75 Å². The number of hydrogen-bond donors (Lipinski definition) is 1. The van der Waals surface area contributed by atoms with E-state index in [9.17, 15) is 4.39 Å². The van der Waals surface area contributed by atoms with Gasteiger partial charge in [0.25, 0.3) is 0 Å². The van der Waals surface area contributed by atoms with Gasteiger partial charge in [0, 0.05) is 0 Å². The Morgan fingerprint density at radius 2 is 2.08 bits per heavy atom. The molecule has 0 aliphatic heterocycles. The molecule has 0 bridgehead atoms. The lowest BCUT2D eigenvalue weighted by molar-refractivity contribution is 0.428. The minimum Gasteiger partial charge on any atom is -0.505 e. The monoisotopic (exact) mass is 182 g/mol. The molecule has 0 fully saturated rings. The third kappa shape index (κ3) is 2.72. The second-order valence-corrected chi connectivity index (χ2v) is 3.21. The van der Waals surface area contributed by atoms with Crippen LogP contribution in [-0.2, 0) is 6.42 Å². The molecule has 1 aromatic rings. The van der Waals surface area contributed by atoms with Crippen LogP contribution in [0.4, 0.5) is 4.39 Å². The van der Waals surface area contributed by atoms with Gasteiger partial charge in [0.1, 0.15) is 0 Å². The van der Waals surface area contributed by atoms with E-state index in [0.29, 0.717) is 12.0 Å². The molecule has 2 heteroatoms. The molecule has 0 aliphatic carbocycles. The van der Waals surface area contributed by atoms with E-state index in [4.69, 9.17) is 5.11 Å². The van der Waals surface area contributed by atoms with Crippen molar-refractivity contribution in [2.75, 3.05) is 0 Å². The fraction of sp³-hybridized carbons (Fsp3) is 0.455. The Labute approximate surface area is 78.2 Å². The second-order valence-electron chi connectivity index (χ2n) is 3.21. The quantitative estimate of drug-likeness (QED) is 0.708. The molecule has 0 saturated heterocycles. The van der Waals surface area contributed by atoms with Crippen molar-refractivity contribution in [3.05, 3.63) is 29.6 Å². The first-order chi connectivity index (χ1) is 6.25. The first-order valence-corrected chi connectivity index (χ1v) is 4.72. The zero-order valence-electron chi connectivity index (χ0n) is 7.89. The highest BCUT2D eigenvalue weighted by molar-refractivity contribution is 5.29. The van der Waals surface area contributed by atoms with E-state index in [-0.39, 0.29) is 5.75 Å².